The van der Waals surface area contributed by atoms with E-state index in [1.807, 2.05) is 4.90 Å². The maximum Gasteiger partial charge on any atom is 0.325 e. The lowest BCUT2D eigenvalue weighted by Gasteiger charge is -2.29. The van der Waals surface area contributed by atoms with Gasteiger partial charge in [-0.2, -0.15) is 0 Å². The summed E-state index contributed by atoms with van der Waals surface area (Å²) in [6.45, 7) is 1.90. The zero-order chi connectivity index (χ0) is 19.4. The first-order valence-corrected chi connectivity index (χ1v) is 9.02. The Kier molecular flexibility index (Phi) is 6.03. The second kappa shape index (κ2) is 8.45. The molecule has 1 atom stereocenters. The van der Waals surface area contributed by atoms with Gasteiger partial charge in [0, 0.05) is 36.8 Å². The predicted molar refractivity (Wildman–Crippen MR) is 99.2 cm³/mol. The topological polar surface area (TPSA) is 83.2 Å². The van der Waals surface area contributed by atoms with Gasteiger partial charge in [-0.15, -0.1) is 0 Å². The van der Waals surface area contributed by atoms with Crippen molar-refractivity contribution in [2.45, 2.75) is 12.5 Å². The van der Waals surface area contributed by atoms with Gasteiger partial charge in [0.25, 0.3) is 5.91 Å². The molecule has 144 valence electrons. The number of carbonyl (C=O) groups excluding carboxylic acids is 1. The lowest BCUT2D eigenvalue weighted by Crippen LogP contribution is -2.38. The fraction of sp³-hybridized carbons (Fsp3) is 0.368. The molecule has 1 saturated heterocycles. The molecule has 1 aromatic heterocycles. The molecular weight excluding hydrogens is 372 g/mol. The van der Waals surface area contributed by atoms with Crippen LogP contribution in [-0.2, 0) is 4.79 Å². The summed E-state index contributed by atoms with van der Waals surface area (Å²) in [6, 6.07) is 7.34. The number of hydrogen-bond acceptors (Lipinski definition) is 5. The van der Waals surface area contributed by atoms with Crippen molar-refractivity contribution in [3.8, 4) is 5.75 Å². The van der Waals surface area contributed by atoms with Gasteiger partial charge in [0.15, 0.2) is 5.76 Å². The maximum atomic E-state index is 12.5. The molecule has 1 fully saturated rings. The number of hydrogen-bond donors (Lipinski definition) is 1. The third kappa shape index (κ3) is 4.26. The highest BCUT2D eigenvalue weighted by molar-refractivity contribution is 6.30. The van der Waals surface area contributed by atoms with Crippen molar-refractivity contribution in [3.05, 3.63) is 52.9 Å². The number of rotatable bonds is 5. The summed E-state index contributed by atoms with van der Waals surface area (Å²) in [5.74, 6) is -0.412. The normalized spacial score (nSPS) is 16.6. The first-order valence-electron chi connectivity index (χ1n) is 8.64. The third-order valence-corrected chi connectivity index (χ3v) is 4.87. The first kappa shape index (κ1) is 19.3. The number of carboxylic acids is 1. The van der Waals surface area contributed by atoms with E-state index < -0.39 is 12.0 Å². The Hall–Kier alpha value is -2.51. The third-order valence-electron chi connectivity index (χ3n) is 4.64. The predicted octanol–water partition coefficient (Wildman–Crippen LogP) is 2.92. The molecule has 0 spiro atoms. The lowest BCUT2D eigenvalue weighted by molar-refractivity contribution is -0.143. The molecule has 1 aliphatic rings. The standard InChI is InChI=1S/C19H21ClN2O5/c1-26-15-6-5-13(20)12-14(15)17(19(24)25)21-7-3-8-22(10-9-21)18(23)16-4-2-11-27-16/h2,4-6,11-12,17H,3,7-10H2,1H3,(H,24,25). The van der Waals surface area contributed by atoms with E-state index in [-0.39, 0.29) is 11.7 Å². The lowest BCUT2D eigenvalue weighted by atomic mass is 10.0. The van der Waals surface area contributed by atoms with Crippen molar-refractivity contribution >= 4 is 23.5 Å². The number of nitrogens with zero attached hydrogens (tertiary/aromatic N) is 2. The number of carbonyl (C=O) groups is 2. The highest BCUT2D eigenvalue weighted by atomic mass is 35.5. The average Bonchev–Trinajstić information content (AvgIpc) is 3.08. The van der Waals surface area contributed by atoms with Gasteiger partial charge < -0.3 is 19.2 Å². The summed E-state index contributed by atoms with van der Waals surface area (Å²) in [6.07, 6.45) is 2.11. The molecule has 3 rings (SSSR count). The smallest absolute Gasteiger partial charge is 0.325 e. The Morgan fingerprint density at radius 2 is 2.04 bits per heavy atom. The Morgan fingerprint density at radius 1 is 1.22 bits per heavy atom. The summed E-state index contributed by atoms with van der Waals surface area (Å²) in [7, 11) is 1.50. The van der Waals surface area contributed by atoms with Crippen LogP contribution in [0.3, 0.4) is 0 Å². The van der Waals surface area contributed by atoms with Gasteiger partial charge in [0.1, 0.15) is 11.8 Å². The number of amides is 1. The Morgan fingerprint density at radius 3 is 2.70 bits per heavy atom. The van der Waals surface area contributed by atoms with E-state index in [1.165, 1.54) is 13.4 Å². The Labute approximate surface area is 162 Å². The van der Waals surface area contributed by atoms with Gasteiger partial charge >= 0.3 is 5.97 Å². The number of halogens is 1. The summed E-state index contributed by atoms with van der Waals surface area (Å²) in [5, 5.41) is 10.3. The van der Waals surface area contributed by atoms with Crippen LogP contribution in [0.15, 0.2) is 41.0 Å². The number of ether oxygens (including phenoxy) is 1. The van der Waals surface area contributed by atoms with Crippen LogP contribution in [0.4, 0.5) is 0 Å². The van der Waals surface area contributed by atoms with Crippen LogP contribution in [0.25, 0.3) is 0 Å². The van der Waals surface area contributed by atoms with Crippen LogP contribution in [0.2, 0.25) is 5.02 Å². The maximum absolute atomic E-state index is 12.5. The van der Waals surface area contributed by atoms with E-state index in [0.717, 1.165) is 0 Å². The number of aliphatic carboxylic acids is 1. The van der Waals surface area contributed by atoms with Gasteiger partial charge in [-0.05, 0) is 36.8 Å². The highest BCUT2D eigenvalue weighted by Crippen LogP contribution is 2.33. The summed E-state index contributed by atoms with van der Waals surface area (Å²) < 4.78 is 10.5. The van der Waals surface area contributed by atoms with Gasteiger partial charge in [-0.1, -0.05) is 11.6 Å². The van der Waals surface area contributed by atoms with Crippen molar-refractivity contribution in [2.24, 2.45) is 0 Å². The van der Waals surface area contributed by atoms with Crippen molar-refractivity contribution < 1.29 is 23.8 Å². The van der Waals surface area contributed by atoms with Crippen LogP contribution in [0, 0.1) is 0 Å². The molecular formula is C19H21ClN2O5. The van der Waals surface area contributed by atoms with Crippen LogP contribution in [-0.4, -0.2) is 60.1 Å². The molecule has 0 saturated carbocycles. The van der Waals surface area contributed by atoms with Crippen LogP contribution < -0.4 is 4.74 Å². The van der Waals surface area contributed by atoms with Gasteiger partial charge in [0.05, 0.1) is 13.4 Å². The van der Waals surface area contributed by atoms with E-state index in [0.29, 0.717) is 48.9 Å². The summed E-state index contributed by atoms with van der Waals surface area (Å²) >= 11 is 6.09. The molecule has 1 unspecified atom stereocenters. The zero-order valence-corrected chi connectivity index (χ0v) is 15.7. The minimum absolute atomic E-state index is 0.186. The fourth-order valence-electron chi connectivity index (χ4n) is 3.36. The van der Waals surface area contributed by atoms with Crippen molar-refractivity contribution in [1.29, 1.82) is 0 Å². The minimum atomic E-state index is -0.985. The molecule has 27 heavy (non-hydrogen) atoms. The number of methoxy groups -OCH3 is 1. The Bertz CT molecular complexity index is 808. The van der Waals surface area contributed by atoms with Crippen LogP contribution in [0.5, 0.6) is 5.75 Å². The molecule has 0 aliphatic carbocycles. The molecule has 1 aliphatic heterocycles. The molecule has 8 heteroatoms. The van der Waals surface area contributed by atoms with Gasteiger partial charge in [-0.3, -0.25) is 14.5 Å². The minimum Gasteiger partial charge on any atom is -0.496 e. The van der Waals surface area contributed by atoms with Crippen LogP contribution >= 0.6 is 11.6 Å². The van der Waals surface area contributed by atoms with E-state index >= 15 is 0 Å². The van der Waals surface area contributed by atoms with E-state index in [1.54, 1.807) is 35.2 Å². The van der Waals surface area contributed by atoms with E-state index in [9.17, 15) is 14.7 Å². The SMILES string of the molecule is COc1ccc(Cl)cc1C(C(=O)O)N1CCCN(C(=O)c2ccco2)CC1. The highest BCUT2D eigenvalue weighted by Gasteiger charge is 2.32. The zero-order valence-electron chi connectivity index (χ0n) is 14.9. The molecule has 0 bridgehead atoms. The van der Waals surface area contributed by atoms with Crippen molar-refractivity contribution in [2.75, 3.05) is 33.3 Å². The average molecular weight is 393 g/mol. The number of furan rings is 1. The van der Waals surface area contributed by atoms with Gasteiger partial charge in [-0.25, -0.2) is 0 Å². The second-order valence-corrected chi connectivity index (χ2v) is 6.72. The first-order chi connectivity index (χ1) is 13.0. The number of benzene rings is 1. The fourth-order valence-corrected chi connectivity index (χ4v) is 3.54. The van der Waals surface area contributed by atoms with Gasteiger partial charge in [0.2, 0.25) is 0 Å². The van der Waals surface area contributed by atoms with E-state index in [2.05, 4.69) is 0 Å². The molecule has 7 nitrogen and oxygen atoms in total. The summed E-state index contributed by atoms with van der Waals surface area (Å²) in [5.41, 5.74) is 0.503. The Balaban J connectivity index is 1.81. The molecule has 1 amide bonds. The van der Waals surface area contributed by atoms with Crippen molar-refractivity contribution in [3.63, 3.8) is 0 Å². The molecule has 0 radical (unpaired) electrons. The molecule has 2 heterocycles. The summed E-state index contributed by atoms with van der Waals surface area (Å²) in [4.78, 5) is 28.1. The largest absolute Gasteiger partial charge is 0.496 e. The van der Waals surface area contributed by atoms with E-state index in [4.69, 9.17) is 20.8 Å². The second-order valence-electron chi connectivity index (χ2n) is 6.29. The molecule has 1 N–H and O–H groups in total. The quantitative estimate of drug-likeness (QED) is 0.842. The number of carboxylic acid groups (broad SMARTS) is 1. The van der Waals surface area contributed by atoms with Crippen LogP contribution in [0.1, 0.15) is 28.6 Å². The van der Waals surface area contributed by atoms with Crippen molar-refractivity contribution in [1.82, 2.24) is 9.80 Å². The molecule has 1 aromatic carbocycles. The molecule has 2 aromatic rings. The monoisotopic (exact) mass is 392 g/mol.